The van der Waals surface area contributed by atoms with Crippen molar-refractivity contribution in [2.75, 3.05) is 13.1 Å². The predicted octanol–water partition coefficient (Wildman–Crippen LogP) is 6.65. The third-order valence-electron chi connectivity index (χ3n) is 7.16. The summed E-state index contributed by atoms with van der Waals surface area (Å²) in [5.74, 6) is -3.47. The number of hydrogen-bond acceptors (Lipinski definition) is 1. The quantitative estimate of drug-likeness (QED) is 0.228. The van der Waals surface area contributed by atoms with E-state index in [1.54, 1.807) is 29.2 Å². The Morgan fingerprint density at radius 1 is 0.943 bits per heavy atom. The zero-order chi connectivity index (χ0) is 25.4. The van der Waals surface area contributed by atoms with Gasteiger partial charge >= 0.3 is 0 Å². The second kappa shape index (κ2) is 9.32. The van der Waals surface area contributed by atoms with Crippen molar-refractivity contribution in [1.82, 2.24) is 4.90 Å². The number of alkyl halides is 2. The number of rotatable bonds is 3. The lowest BCUT2D eigenvalue weighted by Gasteiger charge is -2.50. The van der Waals surface area contributed by atoms with Gasteiger partial charge in [0.05, 0.1) is 11.0 Å². The van der Waals surface area contributed by atoms with E-state index in [1.807, 2.05) is 26.8 Å². The molecule has 4 rings (SSSR count). The van der Waals surface area contributed by atoms with Crippen molar-refractivity contribution >= 4 is 5.96 Å². The Hall–Kier alpha value is -2.83. The van der Waals surface area contributed by atoms with Gasteiger partial charge in [-0.3, -0.25) is 0 Å². The minimum absolute atomic E-state index is 0.146. The monoisotopic (exact) mass is 487 g/mol. The van der Waals surface area contributed by atoms with Gasteiger partial charge < -0.3 is 10.6 Å². The smallest absolute Gasteiger partial charge is 0.257 e. The summed E-state index contributed by atoms with van der Waals surface area (Å²) in [6, 6.07) is 12.4. The molecule has 2 N–H and O–H groups in total. The maximum absolute atomic E-state index is 15.4. The van der Waals surface area contributed by atoms with E-state index in [1.165, 1.54) is 24.3 Å². The Kier molecular flexibility index (Phi) is 6.73. The highest BCUT2D eigenvalue weighted by molar-refractivity contribution is 5.78. The van der Waals surface area contributed by atoms with E-state index in [-0.39, 0.29) is 43.5 Å². The summed E-state index contributed by atoms with van der Waals surface area (Å²) >= 11 is 0. The molecule has 2 aromatic rings. The molecule has 1 atom stereocenters. The van der Waals surface area contributed by atoms with Crippen LogP contribution in [0.15, 0.2) is 65.2 Å². The van der Waals surface area contributed by atoms with Gasteiger partial charge in [0.1, 0.15) is 11.6 Å². The van der Waals surface area contributed by atoms with Crippen molar-refractivity contribution in [1.29, 1.82) is 0 Å². The fourth-order valence-corrected chi connectivity index (χ4v) is 5.29. The topological polar surface area (TPSA) is 41.6 Å². The molecule has 1 aliphatic heterocycles. The van der Waals surface area contributed by atoms with Crippen molar-refractivity contribution in [2.45, 2.75) is 63.8 Å². The molecule has 0 saturated carbocycles. The van der Waals surface area contributed by atoms with Gasteiger partial charge in [-0.1, -0.05) is 35.9 Å². The van der Waals surface area contributed by atoms with Gasteiger partial charge in [0.2, 0.25) is 0 Å². The van der Waals surface area contributed by atoms with Crippen molar-refractivity contribution in [3.05, 3.63) is 82.9 Å². The number of aliphatic imine (C=N–C) groups is 1. The minimum Gasteiger partial charge on any atom is -0.370 e. The Bertz CT molecular complexity index is 1060. The number of nitrogens with zero attached hydrogens (tertiary/aromatic N) is 2. The SMILES string of the molecule is CC(C)(C)N=C(N)N1CCC(F)(F)[C@]2(CC=C(C(c3ccc(F)cc3)c3ccc(F)cc3)CC2)C1. The number of piperidine rings is 1. The van der Waals surface area contributed by atoms with Crippen LogP contribution in [0.3, 0.4) is 0 Å². The van der Waals surface area contributed by atoms with Crippen LogP contribution in [0.1, 0.15) is 63.5 Å². The van der Waals surface area contributed by atoms with E-state index in [2.05, 4.69) is 4.99 Å². The van der Waals surface area contributed by atoms with Crippen LogP contribution >= 0.6 is 0 Å². The van der Waals surface area contributed by atoms with E-state index >= 15 is 8.78 Å². The summed E-state index contributed by atoms with van der Waals surface area (Å²) in [6.45, 7) is 6.09. The van der Waals surface area contributed by atoms with Crippen LogP contribution in [-0.4, -0.2) is 35.4 Å². The standard InChI is InChI=1S/C28H33F4N3/c1-26(2,3)34-25(33)35-17-16-28(31,32)27(18-35)14-12-21(13-15-27)24(19-4-8-22(29)9-5-19)20-6-10-23(30)11-7-20/h4-12,24H,13-18H2,1-3H3,(H2,33,34)/t27-/m0/s1. The molecule has 1 spiro atoms. The minimum atomic E-state index is -2.82. The Balaban J connectivity index is 1.66. The summed E-state index contributed by atoms with van der Waals surface area (Å²) in [4.78, 5) is 6.28. The molecule has 0 amide bonds. The normalized spacial score (nSPS) is 23.0. The predicted molar refractivity (Wildman–Crippen MR) is 132 cm³/mol. The molecule has 1 heterocycles. The molecule has 1 saturated heterocycles. The first-order chi connectivity index (χ1) is 16.4. The zero-order valence-corrected chi connectivity index (χ0v) is 20.5. The van der Waals surface area contributed by atoms with Gasteiger partial charge in [-0.25, -0.2) is 22.6 Å². The van der Waals surface area contributed by atoms with Crippen LogP contribution in [0.2, 0.25) is 0 Å². The number of likely N-dealkylation sites (tertiary alicyclic amines) is 1. The lowest BCUT2D eigenvalue weighted by Crippen LogP contribution is -2.59. The molecular weight excluding hydrogens is 454 g/mol. The molecule has 0 aromatic heterocycles. The fraction of sp³-hybridized carbons (Fsp3) is 0.464. The molecule has 3 nitrogen and oxygen atoms in total. The number of benzene rings is 2. The highest BCUT2D eigenvalue weighted by Crippen LogP contribution is 2.53. The van der Waals surface area contributed by atoms with Crippen molar-refractivity contribution in [2.24, 2.45) is 16.1 Å². The maximum atomic E-state index is 15.4. The lowest BCUT2D eigenvalue weighted by molar-refractivity contribution is -0.162. The zero-order valence-electron chi connectivity index (χ0n) is 20.5. The van der Waals surface area contributed by atoms with E-state index in [4.69, 9.17) is 5.73 Å². The Morgan fingerprint density at radius 3 is 1.94 bits per heavy atom. The van der Waals surface area contributed by atoms with Crippen LogP contribution in [0.25, 0.3) is 0 Å². The molecule has 0 unspecified atom stereocenters. The number of allylic oxidation sites excluding steroid dienone is 2. The first-order valence-corrected chi connectivity index (χ1v) is 12.1. The first kappa shape index (κ1) is 25.3. The second-order valence-corrected chi connectivity index (χ2v) is 10.8. The summed E-state index contributed by atoms with van der Waals surface area (Å²) < 4.78 is 57.9. The van der Waals surface area contributed by atoms with Gasteiger partial charge in [-0.15, -0.1) is 0 Å². The molecule has 0 bridgehead atoms. The summed E-state index contributed by atoms with van der Waals surface area (Å²) in [5, 5.41) is 0. The van der Waals surface area contributed by atoms with Crippen molar-refractivity contribution in [3.8, 4) is 0 Å². The summed E-state index contributed by atoms with van der Waals surface area (Å²) in [6.07, 6.45) is 2.60. The lowest BCUT2D eigenvalue weighted by atomic mass is 9.65. The summed E-state index contributed by atoms with van der Waals surface area (Å²) in [5.41, 5.74) is 7.27. The molecule has 2 aromatic carbocycles. The molecule has 1 aliphatic carbocycles. The summed E-state index contributed by atoms with van der Waals surface area (Å²) in [7, 11) is 0. The largest absolute Gasteiger partial charge is 0.370 e. The van der Waals surface area contributed by atoms with Crippen LogP contribution in [0, 0.1) is 17.0 Å². The van der Waals surface area contributed by atoms with E-state index in [0.717, 1.165) is 16.7 Å². The average Bonchev–Trinajstić information content (AvgIpc) is 2.78. The molecule has 2 aliphatic rings. The number of guanidine groups is 1. The third-order valence-corrected chi connectivity index (χ3v) is 7.16. The number of halogens is 4. The van der Waals surface area contributed by atoms with E-state index in [0.29, 0.717) is 18.8 Å². The highest BCUT2D eigenvalue weighted by Gasteiger charge is 2.57. The van der Waals surface area contributed by atoms with Crippen LogP contribution in [0.5, 0.6) is 0 Å². The van der Waals surface area contributed by atoms with Crippen LogP contribution < -0.4 is 5.73 Å². The highest BCUT2D eigenvalue weighted by atomic mass is 19.3. The van der Waals surface area contributed by atoms with Gasteiger partial charge in [0.15, 0.2) is 5.96 Å². The number of nitrogens with two attached hydrogens (primary N) is 1. The molecule has 1 fully saturated rings. The van der Waals surface area contributed by atoms with Crippen LogP contribution in [0.4, 0.5) is 17.6 Å². The Labute approximate surface area is 204 Å². The van der Waals surface area contributed by atoms with Gasteiger partial charge in [0, 0.05) is 25.4 Å². The maximum Gasteiger partial charge on any atom is 0.257 e. The molecule has 0 radical (unpaired) electrons. The van der Waals surface area contributed by atoms with Gasteiger partial charge in [0.25, 0.3) is 5.92 Å². The van der Waals surface area contributed by atoms with Crippen LogP contribution in [-0.2, 0) is 0 Å². The average molecular weight is 488 g/mol. The molecule has 188 valence electrons. The van der Waals surface area contributed by atoms with Crippen molar-refractivity contribution in [3.63, 3.8) is 0 Å². The number of hydrogen-bond donors (Lipinski definition) is 1. The van der Waals surface area contributed by atoms with Gasteiger partial charge in [-0.05, 0) is 75.4 Å². The second-order valence-electron chi connectivity index (χ2n) is 10.8. The molecule has 7 heteroatoms. The van der Waals surface area contributed by atoms with Crippen molar-refractivity contribution < 1.29 is 17.6 Å². The third kappa shape index (κ3) is 5.39. The van der Waals surface area contributed by atoms with E-state index in [9.17, 15) is 8.78 Å². The van der Waals surface area contributed by atoms with E-state index < -0.39 is 16.9 Å². The molecular formula is C28H33F4N3. The fourth-order valence-electron chi connectivity index (χ4n) is 5.29. The molecule has 35 heavy (non-hydrogen) atoms. The Morgan fingerprint density at radius 2 is 1.49 bits per heavy atom. The van der Waals surface area contributed by atoms with Gasteiger partial charge in [-0.2, -0.15) is 0 Å². The first-order valence-electron chi connectivity index (χ1n) is 12.1.